The minimum absolute atomic E-state index is 0.206. The zero-order valence-corrected chi connectivity index (χ0v) is 21.0. The van der Waals surface area contributed by atoms with Crippen molar-refractivity contribution in [2.24, 2.45) is 4.99 Å². The van der Waals surface area contributed by atoms with Crippen molar-refractivity contribution in [3.05, 3.63) is 83.4 Å². The molecule has 186 valence electrons. The number of fused-ring (bicyclic) bond motifs is 2. The summed E-state index contributed by atoms with van der Waals surface area (Å²) in [7, 11) is -3.64. The van der Waals surface area contributed by atoms with Crippen LogP contribution in [0.25, 0.3) is 0 Å². The second-order valence-electron chi connectivity index (χ2n) is 8.43. The third kappa shape index (κ3) is 4.36. The highest BCUT2D eigenvalue weighted by Gasteiger charge is 2.29. The third-order valence-electron chi connectivity index (χ3n) is 6.31. The van der Waals surface area contributed by atoms with Gasteiger partial charge in [-0.1, -0.05) is 44.2 Å². The van der Waals surface area contributed by atoms with Gasteiger partial charge in [0.15, 0.2) is 11.5 Å². The number of carbonyl (C=O) groups is 1. The molecule has 0 spiro atoms. The summed E-state index contributed by atoms with van der Waals surface area (Å²) < 4.78 is 38.9. The number of aliphatic imine (C=N–C) groups is 1. The highest BCUT2D eigenvalue weighted by molar-refractivity contribution is 7.89. The molecular weight excluding hydrogens is 478 g/mol. The van der Waals surface area contributed by atoms with Crippen molar-refractivity contribution >= 4 is 27.5 Å². The van der Waals surface area contributed by atoms with Gasteiger partial charge in [0.05, 0.1) is 11.4 Å². The number of hydrogen-bond acceptors (Lipinski definition) is 5. The van der Waals surface area contributed by atoms with E-state index < -0.39 is 15.9 Å². The number of rotatable bonds is 6. The minimum Gasteiger partial charge on any atom is -0.486 e. The molecule has 9 heteroatoms. The molecule has 0 saturated carbocycles. The molecular formula is C27H27N3O5S. The Morgan fingerprint density at radius 3 is 2.47 bits per heavy atom. The average molecular weight is 506 g/mol. The molecule has 0 bridgehead atoms. The van der Waals surface area contributed by atoms with Crippen molar-refractivity contribution in [1.82, 2.24) is 4.31 Å². The molecule has 0 aliphatic carbocycles. The van der Waals surface area contributed by atoms with Crippen LogP contribution in [0.3, 0.4) is 0 Å². The summed E-state index contributed by atoms with van der Waals surface area (Å²) in [6.07, 6.45) is 0. The lowest BCUT2D eigenvalue weighted by atomic mass is 10.1. The van der Waals surface area contributed by atoms with E-state index in [1.165, 1.54) is 4.31 Å². The van der Waals surface area contributed by atoms with E-state index >= 15 is 0 Å². The lowest BCUT2D eigenvalue weighted by molar-refractivity contribution is 0.100. The number of sulfonamides is 1. The molecule has 3 aromatic carbocycles. The number of amides is 1. The quantitative estimate of drug-likeness (QED) is 0.501. The maximum absolute atomic E-state index is 13.3. The fourth-order valence-corrected chi connectivity index (χ4v) is 5.96. The van der Waals surface area contributed by atoms with Gasteiger partial charge in [-0.2, -0.15) is 9.30 Å². The van der Waals surface area contributed by atoms with Gasteiger partial charge in [-0.05, 0) is 42.0 Å². The van der Waals surface area contributed by atoms with Crippen molar-refractivity contribution in [3.63, 3.8) is 0 Å². The van der Waals surface area contributed by atoms with Gasteiger partial charge in [-0.3, -0.25) is 4.79 Å². The van der Waals surface area contributed by atoms with Crippen LogP contribution >= 0.6 is 0 Å². The molecule has 2 aliphatic rings. The maximum atomic E-state index is 13.3. The second-order valence-corrected chi connectivity index (χ2v) is 10.4. The van der Waals surface area contributed by atoms with E-state index in [0.29, 0.717) is 61.4 Å². The van der Waals surface area contributed by atoms with Crippen LogP contribution in [0, 0.1) is 0 Å². The Bertz CT molecular complexity index is 1450. The first kappa shape index (κ1) is 24.0. The highest BCUT2D eigenvalue weighted by Crippen LogP contribution is 2.33. The highest BCUT2D eigenvalue weighted by atomic mass is 32.2. The van der Waals surface area contributed by atoms with E-state index in [1.54, 1.807) is 36.4 Å². The molecule has 0 N–H and O–H groups in total. The Hall–Kier alpha value is -3.69. The largest absolute Gasteiger partial charge is 0.486 e. The number of nitrogens with zero attached hydrogens (tertiary/aromatic N) is 3. The normalized spacial score (nSPS) is 15.9. The number of benzene rings is 3. The van der Waals surface area contributed by atoms with E-state index in [2.05, 4.69) is 4.99 Å². The molecule has 2 heterocycles. The van der Waals surface area contributed by atoms with Crippen LogP contribution < -0.4 is 14.4 Å². The molecule has 8 nitrogen and oxygen atoms in total. The smallest absolute Gasteiger partial charge is 0.279 e. The van der Waals surface area contributed by atoms with Crippen LogP contribution in [0.5, 0.6) is 11.5 Å². The number of ether oxygens (including phenoxy) is 2. The predicted octanol–water partition coefficient (Wildman–Crippen LogP) is 4.10. The number of amidine groups is 1. The van der Waals surface area contributed by atoms with Crippen molar-refractivity contribution in [2.45, 2.75) is 25.3 Å². The SMILES string of the molecule is CCN(CC)S(=O)(=O)c1cccc(N2Cc3ccccc3C2=NC(=O)c2ccc3c(c2)OCCO3)c1. The van der Waals surface area contributed by atoms with Gasteiger partial charge in [0.2, 0.25) is 10.0 Å². The Kier molecular flexibility index (Phi) is 6.51. The van der Waals surface area contributed by atoms with Crippen LogP contribution in [0.2, 0.25) is 0 Å². The summed E-state index contributed by atoms with van der Waals surface area (Å²) >= 11 is 0. The topological polar surface area (TPSA) is 88.5 Å². The van der Waals surface area contributed by atoms with E-state index in [0.717, 1.165) is 11.1 Å². The van der Waals surface area contributed by atoms with Crippen LogP contribution in [0.15, 0.2) is 76.6 Å². The van der Waals surface area contributed by atoms with Crippen LogP contribution in [-0.2, 0) is 16.6 Å². The number of carbonyl (C=O) groups excluding carboxylic acids is 1. The van der Waals surface area contributed by atoms with Crippen LogP contribution in [0.1, 0.15) is 35.3 Å². The monoisotopic (exact) mass is 505 g/mol. The Labute approximate surface area is 210 Å². The van der Waals surface area contributed by atoms with Gasteiger partial charge in [-0.15, -0.1) is 0 Å². The molecule has 3 aromatic rings. The van der Waals surface area contributed by atoms with E-state index in [9.17, 15) is 13.2 Å². The van der Waals surface area contributed by atoms with Gasteiger partial charge in [0.25, 0.3) is 5.91 Å². The molecule has 2 aliphatic heterocycles. The van der Waals surface area contributed by atoms with Crippen molar-refractivity contribution < 1.29 is 22.7 Å². The molecule has 0 radical (unpaired) electrons. The van der Waals surface area contributed by atoms with Crippen LogP contribution in [-0.4, -0.2) is 50.8 Å². The first-order valence-corrected chi connectivity index (χ1v) is 13.3. The van der Waals surface area contributed by atoms with Gasteiger partial charge in [0, 0.05) is 29.9 Å². The minimum atomic E-state index is -3.64. The molecule has 0 fully saturated rings. The standard InChI is InChI=1S/C27H27N3O5S/c1-3-29(4-2)36(32,33)22-10-7-9-21(17-22)30-18-20-8-5-6-11-23(20)26(30)28-27(31)19-12-13-24-25(16-19)35-15-14-34-24/h5-13,16-17H,3-4,14-15,18H2,1-2H3. The summed E-state index contributed by atoms with van der Waals surface area (Å²) in [4.78, 5) is 19.8. The maximum Gasteiger partial charge on any atom is 0.279 e. The molecule has 0 aromatic heterocycles. The molecule has 0 unspecified atom stereocenters. The molecule has 5 rings (SSSR count). The van der Waals surface area contributed by atoms with E-state index in [4.69, 9.17) is 9.47 Å². The number of anilines is 1. The van der Waals surface area contributed by atoms with E-state index in [-0.39, 0.29) is 4.90 Å². The summed E-state index contributed by atoms with van der Waals surface area (Å²) in [5.41, 5.74) is 2.87. The molecule has 36 heavy (non-hydrogen) atoms. The Balaban J connectivity index is 1.54. The number of hydrogen-bond donors (Lipinski definition) is 0. The first-order chi connectivity index (χ1) is 17.4. The molecule has 0 atom stereocenters. The van der Waals surface area contributed by atoms with Crippen molar-refractivity contribution in [2.75, 3.05) is 31.2 Å². The average Bonchev–Trinajstić information content (AvgIpc) is 3.27. The zero-order chi connectivity index (χ0) is 25.3. The summed E-state index contributed by atoms with van der Waals surface area (Å²) in [6.45, 7) is 5.76. The second kappa shape index (κ2) is 9.75. The fourth-order valence-electron chi connectivity index (χ4n) is 4.46. The predicted molar refractivity (Wildman–Crippen MR) is 137 cm³/mol. The summed E-state index contributed by atoms with van der Waals surface area (Å²) in [6, 6.07) is 19.5. The van der Waals surface area contributed by atoms with Gasteiger partial charge in [-0.25, -0.2) is 8.42 Å². The Morgan fingerprint density at radius 1 is 0.944 bits per heavy atom. The molecule has 1 amide bonds. The van der Waals surface area contributed by atoms with Crippen LogP contribution in [0.4, 0.5) is 5.69 Å². The lowest BCUT2D eigenvalue weighted by Gasteiger charge is -2.22. The lowest BCUT2D eigenvalue weighted by Crippen LogP contribution is -2.31. The first-order valence-electron chi connectivity index (χ1n) is 11.9. The zero-order valence-electron chi connectivity index (χ0n) is 20.2. The fraction of sp³-hybridized carbons (Fsp3) is 0.259. The summed E-state index contributed by atoms with van der Waals surface area (Å²) in [5, 5.41) is 0. The Morgan fingerprint density at radius 2 is 1.69 bits per heavy atom. The molecule has 0 saturated heterocycles. The van der Waals surface area contributed by atoms with Crippen molar-refractivity contribution in [1.29, 1.82) is 0 Å². The van der Waals surface area contributed by atoms with Crippen molar-refractivity contribution in [3.8, 4) is 11.5 Å². The van der Waals surface area contributed by atoms with Gasteiger partial charge in [0.1, 0.15) is 19.0 Å². The van der Waals surface area contributed by atoms with Gasteiger partial charge < -0.3 is 14.4 Å². The van der Waals surface area contributed by atoms with E-state index in [1.807, 2.05) is 49.1 Å². The third-order valence-corrected chi connectivity index (χ3v) is 8.36. The van der Waals surface area contributed by atoms with Gasteiger partial charge >= 0.3 is 0 Å². The summed E-state index contributed by atoms with van der Waals surface area (Å²) in [5.74, 6) is 1.17.